The van der Waals surface area contributed by atoms with Crippen molar-refractivity contribution in [2.45, 2.75) is 38.4 Å². The van der Waals surface area contributed by atoms with Crippen LogP contribution in [0.5, 0.6) is 0 Å². The van der Waals surface area contributed by atoms with Crippen molar-refractivity contribution in [1.82, 2.24) is 4.90 Å². The summed E-state index contributed by atoms with van der Waals surface area (Å²) >= 11 is 1.70. The van der Waals surface area contributed by atoms with Crippen LogP contribution in [0.1, 0.15) is 33.6 Å². The Kier molecular flexibility index (Phi) is 5.12. The highest BCUT2D eigenvalue weighted by atomic mass is 32.2. The van der Waals surface area contributed by atoms with E-state index in [9.17, 15) is 4.79 Å². The summed E-state index contributed by atoms with van der Waals surface area (Å²) in [6.07, 6.45) is 1.89. The lowest BCUT2D eigenvalue weighted by Gasteiger charge is -2.31. The van der Waals surface area contributed by atoms with Crippen LogP contribution >= 0.6 is 11.8 Å². The smallest absolute Gasteiger partial charge is 0.232 e. The lowest BCUT2D eigenvalue weighted by molar-refractivity contribution is -0.129. The van der Waals surface area contributed by atoms with E-state index >= 15 is 0 Å². The molecule has 0 spiro atoms. The van der Waals surface area contributed by atoms with Crippen molar-refractivity contribution in [2.75, 3.05) is 25.4 Å². The molecule has 1 amide bonds. The molecule has 16 heavy (non-hydrogen) atoms. The number of rotatable bonds is 3. The number of thioether (sulfide) groups is 1. The summed E-state index contributed by atoms with van der Waals surface area (Å²) in [5, 5.41) is 9.02. The van der Waals surface area contributed by atoms with Crippen LogP contribution in [-0.2, 0) is 4.79 Å². The van der Waals surface area contributed by atoms with E-state index in [4.69, 9.17) is 5.11 Å². The van der Waals surface area contributed by atoms with Gasteiger partial charge in [0.1, 0.15) is 0 Å². The Balaban J connectivity index is 2.28. The third kappa shape index (κ3) is 4.74. The lowest BCUT2D eigenvalue weighted by Crippen LogP contribution is -2.40. The highest BCUT2D eigenvalue weighted by Crippen LogP contribution is 2.24. The molecule has 0 bridgehead atoms. The number of aliphatic hydroxyl groups excluding tert-OH is 1. The first-order valence-electron chi connectivity index (χ1n) is 5.95. The number of hydrogen-bond donors (Lipinski definition) is 1. The average molecular weight is 245 g/mol. The van der Waals surface area contributed by atoms with E-state index in [1.807, 2.05) is 4.90 Å². The third-order valence-electron chi connectivity index (χ3n) is 2.85. The molecule has 3 nitrogen and oxygen atoms in total. The van der Waals surface area contributed by atoms with Crippen LogP contribution in [0.2, 0.25) is 0 Å². The normalized spacial score (nSPS) is 18.9. The third-order valence-corrected chi connectivity index (χ3v) is 4.11. The molecule has 1 saturated heterocycles. The minimum atomic E-state index is 0.152. The largest absolute Gasteiger partial charge is 0.396 e. The monoisotopic (exact) mass is 245 g/mol. The maximum absolute atomic E-state index is 11.9. The minimum Gasteiger partial charge on any atom is -0.396 e. The summed E-state index contributed by atoms with van der Waals surface area (Å²) in [4.78, 5) is 13.8. The minimum absolute atomic E-state index is 0.152. The van der Waals surface area contributed by atoms with Gasteiger partial charge in [0.05, 0.1) is 5.75 Å². The van der Waals surface area contributed by atoms with Gasteiger partial charge in [-0.05, 0) is 18.8 Å². The van der Waals surface area contributed by atoms with Crippen LogP contribution in [0.3, 0.4) is 0 Å². The predicted octanol–water partition coefficient (Wildman–Crippen LogP) is 1.75. The second-order valence-electron chi connectivity index (χ2n) is 5.41. The second kappa shape index (κ2) is 5.92. The molecule has 1 rings (SSSR count). The molecule has 1 aliphatic heterocycles. The fourth-order valence-electron chi connectivity index (χ4n) is 1.73. The molecule has 0 unspecified atom stereocenters. The zero-order valence-electron chi connectivity index (χ0n) is 10.5. The van der Waals surface area contributed by atoms with Crippen LogP contribution in [0, 0.1) is 5.92 Å². The first-order valence-corrected chi connectivity index (χ1v) is 6.93. The molecular formula is C12H23NO2S. The highest BCUT2D eigenvalue weighted by Gasteiger charge is 2.23. The van der Waals surface area contributed by atoms with Gasteiger partial charge in [-0.1, -0.05) is 20.8 Å². The molecule has 1 fully saturated rings. The number of amides is 1. The van der Waals surface area contributed by atoms with Gasteiger partial charge in [-0.15, -0.1) is 11.8 Å². The zero-order valence-corrected chi connectivity index (χ0v) is 11.3. The van der Waals surface area contributed by atoms with Crippen LogP contribution in [0.25, 0.3) is 0 Å². The molecule has 1 aliphatic rings. The van der Waals surface area contributed by atoms with Gasteiger partial charge in [0.15, 0.2) is 0 Å². The first-order chi connectivity index (χ1) is 7.42. The number of carbonyl (C=O) groups is 1. The summed E-state index contributed by atoms with van der Waals surface area (Å²) in [5.41, 5.74) is 0. The van der Waals surface area contributed by atoms with Gasteiger partial charge in [-0.2, -0.15) is 0 Å². The molecule has 0 atom stereocenters. The van der Waals surface area contributed by atoms with Crippen molar-refractivity contribution in [1.29, 1.82) is 0 Å². The van der Waals surface area contributed by atoms with Crippen LogP contribution < -0.4 is 0 Å². The van der Waals surface area contributed by atoms with Crippen molar-refractivity contribution in [3.8, 4) is 0 Å². The highest BCUT2D eigenvalue weighted by molar-refractivity contribution is 8.01. The van der Waals surface area contributed by atoms with Crippen molar-refractivity contribution >= 4 is 17.7 Å². The molecule has 4 heteroatoms. The lowest BCUT2D eigenvalue weighted by atomic mass is 9.98. The summed E-state index contributed by atoms with van der Waals surface area (Å²) in [6, 6.07) is 0. The maximum atomic E-state index is 11.9. The molecule has 0 saturated carbocycles. The number of piperidine rings is 1. The zero-order chi connectivity index (χ0) is 12.2. The Labute approximate surface area is 103 Å². The topological polar surface area (TPSA) is 40.5 Å². The molecule has 1 N–H and O–H groups in total. The van der Waals surface area contributed by atoms with Crippen LogP contribution in [0.4, 0.5) is 0 Å². The van der Waals surface area contributed by atoms with Crippen LogP contribution in [-0.4, -0.2) is 46.1 Å². The van der Waals surface area contributed by atoms with Crippen molar-refractivity contribution in [3.63, 3.8) is 0 Å². The molecule has 0 aliphatic carbocycles. The van der Waals surface area contributed by atoms with E-state index in [0.29, 0.717) is 11.7 Å². The maximum Gasteiger partial charge on any atom is 0.232 e. The van der Waals surface area contributed by atoms with Crippen molar-refractivity contribution < 1.29 is 9.90 Å². The van der Waals surface area contributed by atoms with Gasteiger partial charge < -0.3 is 10.0 Å². The average Bonchev–Trinajstić information content (AvgIpc) is 2.25. The van der Waals surface area contributed by atoms with E-state index in [1.165, 1.54) is 0 Å². The van der Waals surface area contributed by atoms with Gasteiger partial charge in [0, 0.05) is 24.4 Å². The number of hydrogen-bond acceptors (Lipinski definition) is 3. The van der Waals surface area contributed by atoms with Gasteiger partial charge >= 0.3 is 0 Å². The van der Waals surface area contributed by atoms with Gasteiger partial charge in [-0.25, -0.2) is 0 Å². The van der Waals surface area contributed by atoms with Crippen LogP contribution in [0.15, 0.2) is 0 Å². The van der Waals surface area contributed by atoms with E-state index in [-0.39, 0.29) is 17.3 Å². The van der Waals surface area contributed by atoms with Gasteiger partial charge in [-0.3, -0.25) is 4.79 Å². The molecule has 1 heterocycles. The number of nitrogens with zero attached hydrogens (tertiary/aromatic N) is 1. The molecule has 94 valence electrons. The standard InChI is InChI=1S/C12H23NO2S/c1-12(2,3)16-9-11(15)13-6-4-10(8-14)5-7-13/h10,14H,4-9H2,1-3H3. The summed E-state index contributed by atoms with van der Waals surface area (Å²) in [5.74, 6) is 1.23. The molecule has 0 aromatic heterocycles. The van der Waals surface area contributed by atoms with E-state index in [0.717, 1.165) is 25.9 Å². The summed E-state index contributed by atoms with van der Waals surface area (Å²) in [7, 11) is 0. The molecule has 0 aromatic carbocycles. The summed E-state index contributed by atoms with van der Waals surface area (Å²) in [6.45, 7) is 8.27. The van der Waals surface area contributed by atoms with E-state index < -0.39 is 0 Å². The SMILES string of the molecule is CC(C)(C)SCC(=O)N1CCC(CO)CC1. The number of aliphatic hydroxyl groups is 1. The van der Waals surface area contributed by atoms with E-state index in [2.05, 4.69) is 20.8 Å². The Hall–Kier alpha value is -0.220. The molecule has 0 aromatic rings. The second-order valence-corrected chi connectivity index (χ2v) is 7.21. The van der Waals surface area contributed by atoms with Crippen molar-refractivity contribution in [3.05, 3.63) is 0 Å². The van der Waals surface area contributed by atoms with Crippen molar-refractivity contribution in [2.24, 2.45) is 5.92 Å². The number of carbonyl (C=O) groups excluding carboxylic acids is 1. The Morgan fingerprint density at radius 3 is 2.38 bits per heavy atom. The summed E-state index contributed by atoms with van der Waals surface area (Å²) < 4.78 is 0.152. The Bertz CT molecular complexity index is 230. The predicted molar refractivity (Wildman–Crippen MR) is 68.6 cm³/mol. The molecule has 0 radical (unpaired) electrons. The quantitative estimate of drug-likeness (QED) is 0.823. The van der Waals surface area contributed by atoms with E-state index in [1.54, 1.807) is 11.8 Å². The Morgan fingerprint density at radius 2 is 1.94 bits per heavy atom. The fraction of sp³-hybridized carbons (Fsp3) is 0.917. The fourth-order valence-corrected chi connectivity index (χ4v) is 2.47. The Morgan fingerprint density at radius 1 is 1.38 bits per heavy atom. The van der Waals surface area contributed by atoms with Gasteiger partial charge in [0.2, 0.25) is 5.91 Å². The first kappa shape index (κ1) is 13.8. The molecular weight excluding hydrogens is 222 g/mol. The van der Waals surface area contributed by atoms with Gasteiger partial charge in [0.25, 0.3) is 0 Å². The number of likely N-dealkylation sites (tertiary alicyclic amines) is 1.